The Morgan fingerprint density at radius 3 is 2.79 bits per heavy atom. The zero-order chi connectivity index (χ0) is 13.9. The van der Waals surface area contributed by atoms with Crippen LogP contribution >= 0.6 is 0 Å². The van der Waals surface area contributed by atoms with E-state index in [1.807, 2.05) is 0 Å². The van der Waals surface area contributed by atoms with Gasteiger partial charge in [-0.05, 0) is 46.3 Å². The number of rotatable bonds is 6. The van der Waals surface area contributed by atoms with Crippen LogP contribution in [0.3, 0.4) is 0 Å². The topological polar surface area (TPSA) is 41.7 Å². The summed E-state index contributed by atoms with van der Waals surface area (Å²) in [5, 5.41) is 0. The van der Waals surface area contributed by atoms with Crippen molar-refractivity contribution in [3.05, 3.63) is 0 Å². The highest BCUT2D eigenvalue weighted by Crippen LogP contribution is 2.31. The lowest BCUT2D eigenvalue weighted by atomic mass is 9.83. The van der Waals surface area contributed by atoms with Crippen molar-refractivity contribution in [2.75, 3.05) is 46.4 Å². The molecule has 0 aromatic heterocycles. The number of likely N-dealkylation sites (tertiary alicyclic amines) is 1. The van der Waals surface area contributed by atoms with E-state index in [-0.39, 0.29) is 5.54 Å². The molecule has 2 saturated heterocycles. The smallest absolute Gasteiger partial charge is 0.0513 e. The van der Waals surface area contributed by atoms with E-state index < -0.39 is 0 Å². The first-order valence-electron chi connectivity index (χ1n) is 7.85. The predicted octanol–water partition coefficient (Wildman–Crippen LogP) is 1.16. The minimum absolute atomic E-state index is 0.0818. The molecule has 0 bridgehead atoms. The van der Waals surface area contributed by atoms with Gasteiger partial charge in [0.05, 0.1) is 6.61 Å². The molecule has 0 amide bonds. The van der Waals surface area contributed by atoms with Gasteiger partial charge < -0.3 is 10.5 Å². The maximum Gasteiger partial charge on any atom is 0.0513 e. The molecular weight excluding hydrogens is 238 g/mol. The van der Waals surface area contributed by atoms with Crippen LogP contribution in [-0.4, -0.2) is 67.8 Å². The molecule has 2 rings (SSSR count). The summed E-state index contributed by atoms with van der Waals surface area (Å²) in [6, 6.07) is 0.711. The predicted molar refractivity (Wildman–Crippen MR) is 79.3 cm³/mol. The van der Waals surface area contributed by atoms with E-state index in [2.05, 4.69) is 30.7 Å². The Labute approximate surface area is 118 Å². The summed E-state index contributed by atoms with van der Waals surface area (Å²) in [4.78, 5) is 5.11. The maximum absolute atomic E-state index is 6.12. The van der Waals surface area contributed by atoms with E-state index in [4.69, 9.17) is 10.5 Å². The van der Waals surface area contributed by atoms with E-state index in [1.165, 1.54) is 25.9 Å². The average Bonchev–Trinajstić information content (AvgIpc) is 3.08. The first-order chi connectivity index (χ1) is 9.11. The third-order valence-corrected chi connectivity index (χ3v) is 5.48. The maximum atomic E-state index is 6.12. The van der Waals surface area contributed by atoms with E-state index in [0.29, 0.717) is 12.0 Å². The van der Waals surface area contributed by atoms with Gasteiger partial charge in [-0.3, -0.25) is 9.80 Å². The highest BCUT2D eigenvalue weighted by atomic mass is 16.5. The second-order valence-electron chi connectivity index (χ2n) is 6.43. The second kappa shape index (κ2) is 6.53. The van der Waals surface area contributed by atoms with Gasteiger partial charge in [-0.2, -0.15) is 0 Å². The van der Waals surface area contributed by atoms with Crippen LogP contribution in [0, 0.1) is 5.92 Å². The second-order valence-corrected chi connectivity index (χ2v) is 6.43. The normalized spacial score (nSPS) is 32.1. The molecule has 3 atom stereocenters. The fraction of sp³-hybridized carbons (Fsp3) is 1.00. The van der Waals surface area contributed by atoms with Crippen LogP contribution in [0.15, 0.2) is 0 Å². The SMILES string of the molecule is CCN1CCCC1CN(C)C(C)(CN)C1CCOC1. The quantitative estimate of drug-likeness (QED) is 0.785. The van der Waals surface area contributed by atoms with Gasteiger partial charge in [-0.1, -0.05) is 6.92 Å². The highest BCUT2D eigenvalue weighted by Gasteiger charge is 2.40. The molecular formula is C15H31N3O. The molecule has 19 heavy (non-hydrogen) atoms. The largest absolute Gasteiger partial charge is 0.381 e. The Morgan fingerprint density at radius 1 is 1.42 bits per heavy atom. The molecule has 3 unspecified atom stereocenters. The third-order valence-electron chi connectivity index (χ3n) is 5.48. The number of hydrogen-bond donors (Lipinski definition) is 1. The summed E-state index contributed by atoms with van der Waals surface area (Å²) in [6.07, 6.45) is 3.83. The number of nitrogens with two attached hydrogens (primary N) is 1. The van der Waals surface area contributed by atoms with Gasteiger partial charge in [-0.25, -0.2) is 0 Å². The van der Waals surface area contributed by atoms with Crippen molar-refractivity contribution in [3.63, 3.8) is 0 Å². The van der Waals surface area contributed by atoms with Gasteiger partial charge in [-0.15, -0.1) is 0 Å². The first kappa shape index (κ1) is 15.2. The van der Waals surface area contributed by atoms with Gasteiger partial charge in [0.1, 0.15) is 0 Å². The first-order valence-corrected chi connectivity index (χ1v) is 7.85. The Morgan fingerprint density at radius 2 is 2.21 bits per heavy atom. The van der Waals surface area contributed by atoms with Crippen molar-refractivity contribution in [1.29, 1.82) is 0 Å². The Kier molecular flexibility index (Phi) is 5.23. The molecule has 0 aromatic carbocycles. The van der Waals surface area contributed by atoms with E-state index in [1.54, 1.807) is 0 Å². The van der Waals surface area contributed by atoms with Crippen LogP contribution in [0.4, 0.5) is 0 Å². The van der Waals surface area contributed by atoms with Gasteiger partial charge in [0.15, 0.2) is 0 Å². The Bertz CT molecular complexity index is 281. The van der Waals surface area contributed by atoms with Crippen molar-refractivity contribution >= 4 is 0 Å². The molecule has 4 nitrogen and oxygen atoms in total. The van der Waals surface area contributed by atoms with Crippen LogP contribution in [0.25, 0.3) is 0 Å². The minimum Gasteiger partial charge on any atom is -0.381 e. The van der Waals surface area contributed by atoms with Gasteiger partial charge in [0, 0.05) is 37.2 Å². The number of nitrogens with zero attached hydrogens (tertiary/aromatic N) is 2. The molecule has 0 saturated carbocycles. The fourth-order valence-corrected chi connectivity index (χ4v) is 3.70. The molecule has 0 aromatic rings. The lowest BCUT2D eigenvalue weighted by Crippen LogP contribution is -2.58. The van der Waals surface area contributed by atoms with E-state index in [9.17, 15) is 0 Å². The van der Waals surface area contributed by atoms with Crippen molar-refractivity contribution in [1.82, 2.24) is 9.80 Å². The Balaban J connectivity index is 1.97. The van der Waals surface area contributed by atoms with Crippen molar-refractivity contribution in [2.45, 2.75) is 44.7 Å². The van der Waals surface area contributed by atoms with Gasteiger partial charge in [0.25, 0.3) is 0 Å². The van der Waals surface area contributed by atoms with Crippen LogP contribution in [0.5, 0.6) is 0 Å². The van der Waals surface area contributed by atoms with Crippen LogP contribution in [0.1, 0.15) is 33.1 Å². The number of ether oxygens (including phenoxy) is 1. The number of hydrogen-bond acceptors (Lipinski definition) is 4. The third kappa shape index (κ3) is 3.13. The number of likely N-dealkylation sites (N-methyl/N-ethyl adjacent to an activating group) is 2. The lowest BCUT2D eigenvalue weighted by Gasteiger charge is -2.44. The molecule has 2 fully saturated rings. The van der Waals surface area contributed by atoms with Crippen molar-refractivity contribution in [3.8, 4) is 0 Å². The molecule has 2 heterocycles. The molecule has 2 aliphatic rings. The van der Waals surface area contributed by atoms with Crippen molar-refractivity contribution in [2.24, 2.45) is 11.7 Å². The Hall–Kier alpha value is -0.160. The molecule has 112 valence electrons. The summed E-state index contributed by atoms with van der Waals surface area (Å²) in [7, 11) is 2.25. The summed E-state index contributed by atoms with van der Waals surface area (Å²) in [6.45, 7) is 10.7. The monoisotopic (exact) mass is 269 g/mol. The van der Waals surface area contributed by atoms with Gasteiger partial charge >= 0.3 is 0 Å². The summed E-state index contributed by atoms with van der Waals surface area (Å²) >= 11 is 0. The standard InChI is InChI=1S/C15H31N3O/c1-4-18-8-5-6-14(18)10-17(3)15(2,12-16)13-7-9-19-11-13/h13-14H,4-12,16H2,1-3H3. The van der Waals surface area contributed by atoms with Crippen LogP contribution in [-0.2, 0) is 4.74 Å². The lowest BCUT2D eigenvalue weighted by molar-refractivity contribution is 0.0476. The molecule has 0 aliphatic carbocycles. The highest BCUT2D eigenvalue weighted by molar-refractivity contribution is 4.96. The fourth-order valence-electron chi connectivity index (χ4n) is 3.70. The van der Waals surface area contributed by atoms with Gasteiger partial charge in [0.2, 0.25) is 0 Å². The molecule has 2 N–H and O–H groups in total. The molecule has 0 radical (unpaired) electrons. The van der Waals surface area contributed by atoms with Crippen LogP contribution in [0.2, 0.25) is 0 Å². The zero-order valence-electron chi connectivity index (χ0n) is 12.9. The van der Waals surface area contributed by atoms with E-state index >= 15 is 0 Å². The minimum atomic E-state index is 0.0818. The van der Waals surface area contributed by atoms with Crippen molar-refractivity contribution < 1.29 is 4.74 Å². The van der Waals surface area contributed by atoms with E-state index in [0.717, 1.165) is 32.7 Å². The van der Waals surface area contributed by atoms with Crippen LogP contribution < -0.4 is 5.73 Å². The zero-order valence-corrected chi connectivity index (χ0v) is 12.9. The molecule has 0 spiro atoms. The average molecular weight is 269 g/mol. The summed E-state index contributed by atoms with van der Waals surface area (Å²) in [5.41, 5.74) is 6.20. The molecule has 4 heteroatoms. The summed E-state index contributed by atoms with van der Waals surface area (Å²) in [5.74, 6) is 0.582. The molecule has 2 aliphatic heterocycles. The summed E-state index contributed by atoms with van der Waals surface area (Å²) < 4.78 is 5.57.